The number of carbonyl (C=O) groups is 4. The van der Waals surface area contributed by atoms with E-state index in [-0.39, 0.29) is 25.7 Å². The zero-order chi connectivity index (χ0) is 76.5. The van der Waals surface area contributed by atoms with E-state index in [4.69, 9.17) is 37.0 Å². The minimum atomic E-state index is -4.97. The van der Waals surface area contributed by atoms with Crippen LogP contribution in [0.25, 0.3) is 0 Å². The largest absolute Gasteiger partial charge is 0.472 e. The van der Waals surface area contributed by atoms with Crippen LogP contribution in [0.3, 0.4) is 0 Å². The lowest BCUT2D eigenvalue weighted by molar-refractivity contribution is -0.161. The molecular weight excluding hydrogens is 1350 g/mol. The quantitative estimate of drug-likeness (QED) is 0.0169. The minimum Gasteiger partial charge on any atom is -0.462 e. The van der Waals surface area contributed by atoms with E-state index in [2.05, 4.69) is 72.8 Å². The Morgan fingerprint density at radius 2 is 0.567 bits per heavy atom. The Bertz CT molecular complexity index is 2110. The molecule has 614 valence electrons. The minimum absolute atomic E-state index is 0.0847. The predicted molar refractivity (Wildman–Crippen MR) is 427 cm³/mol. The van der Waals surface area contributed by atoms with Gasteiger partial charge in [0.15, 0.2) is 12.2 Å². The number of allylic oxidation sites excluding steroid dienone is 4. The van der Waals surface area contributed by atoms with Crippen molar-refractivity contribution < 1.29 is 80.2 Å². The van der Waals surface area contributed by atoms with E-state index in [1.165, 1.54) is 218 Å². The van der Waals surface area contributed by atoms with E-state index >= 15 is 0 Å². The van der Waals surface area contributed by atoms with E-state index in [1.54, 1.807) is 0 Å². The zero-order valence-corrected chi connectivity index (χ0v) is 69.8. The zero-order valence-electron chi connectivity index (χ0n) is 68.0. The van der Waals surface area contributed by atoms with Gasteiger partial charge in [0.25, 0.3) is 0 Å². The van der Waals surface area contributed by atoms with Gasteiger partial charge in [0.05, 0.1) is 26.4 Å². The molecule has 6 atom stereocenters. The summed E-state index contributed by atoms with van der Waals surface area (Å²) in [4.78, 5) is 73.2. The van der Waals surface area contributed by atoms with Crippen molar-refractivity contribution >= 4 is 39.5 Å². The molecule has 0 radical (unpaired) electrons. The van der Waals surface area contributed by atoms with E-state index in [9.17, 15) is 43.2 Å². The van der Waals surface area contributed by atoms with Crippen LogP contribution in [-0.4, -0.2) is 96.7 Å². The molecule has 0 aromatic rings. The van der Waals surface area contributed by atoms with Gasteiger partial charge in [0.2, 0.25) is 0 Å². The van der Waals surface area contributed by atoms with Crippen LogP contribution >= 0.6 is 15.6 Å². The molecule has 0 aliphatic carbocycles. The maximum Gasteiger partial charge on any atom is 0.472 e. The molecule has 3 unspecified atom stereocenters. The molecule has 104 heavy (non-hydrogen) atoms. The number of rotatable bonds is 81. The smallest absolute Gasteiger partial charge is 0.462 e. The summed E-state index contributed by atoms with van der Waals surface area (Å²) in [6, 6.07) is 0. The Hall–Kier alpha value is -2.46. The molecule has 17 nitrogen and oxygen atoms in total. The summed E-state index contributed by atoms with van der Waals surface area (Å²) in [7, 11) is -9.94. The van der Waals surface area contributed by atoms with Gasteiger partial charge in [-0.25, -0.2) is 9.13 Å². The Morgan fingerprint density at radius 1 is 0.317 bits per heavy atom. The van der Waals surface area contributed by atoms with Crippen LogP contribution in [0.4, 0.5) is 0 Å². The van der Waals surface area contributed by atoms with Crippen LogP contribution in [0.15, 0.2) is 24.3 Å². The van der Waals surface area contributed by atoms with Crippen molar-refractivity contribution in [2.24, 2.45) is 17.8 Å². The van der Waals surface area contributed by atoms with Gasteiger partial charge in [-0.2, -0.15) is 0 Å². The fourth-order valence-electron chi connectivity index (χ4n) is 12.6. The van der Waals surface area contributed by atoms with E-state index in [1.807, 2.05) is 0 Å². The van der Waals surface area contributed by atoms with Gasteiger partial charge in [0, 0.05) is 25.7 Å². The second kappa shape index (κ2) is 74.6. The molecule has 0 rings (SSSR count). The van der Waals surface area contributed by atoms with E-state index < -0.39 is 97.5 Å². The average molecular weight is 1520 g/mol. The number of unbranched alkanes of at least 4 members (excludes halogenated alkanes) is 45. The van der Waals surface area contributed by atoms with Crippen molar-refractivity contribution in [2.75, 3.05) is 39.6 Å². The number of hydrogen-bond donors (Lipinski definition) is 3. The normalized spacial score (nSPS) is 14.3. The highest BCUT2D eigenvalue weighted by molar-refractivity contribution is 7.47. The molecule has 0 saturated heterocycles. The molecule has 0 aliphatic heterocycles. The van der Waals surface area contributed by atoms with Gasteiger partial charge >= 0.3 is 39.5 Å². The summed E-state index contributed by atoms with van der Waals surface area (Å²) in [6.07, 6.45) is 67.3. The summed E-state index contributed by atoms with van der Waals surface area (Å²) in [5.41, 5.74) is 0. The van der Waals surface area contributed by atoms with Crippen LogP contribution in [0, 0.1) is 17.8 Å². The summed E-state index contributed by atoms with van der Waals surface area (Å²) < 4.78 is 68.8. The van der Waals surface area contributed by atoms with Gasteiger partial charge in [0.1, 0.15) is 19.3 Å². The summed E-state index contributed by atoms with van der Waals surface area (Å²) >= 11 is 0. The maximum absolute atomic E-state index is 13.1. The highest BCUT2D eigenvalue weighted by Crippen LogP contribution is 2.45. The lowest BCUT2D eigenvalue weighted by atomic mass is 9.99. The molecule has 0 heterocycles. The fraction of sp³-hybridized carbons (Fsp3) is 0.906. The molecular formula is C85H162O17P2. The molecule has 0 spiro atoms. The first kappa shape index (κ1) is 102. The first-order valence-electron chi connectivity index (χ1n) is 43.2. The van der Waals surface area contributed by atoms with Gasteiger partial charge in [-0.3, -0.25) is 37.3 Å². The molecule has 0 aliphatic rings. The Balaban J connectivity index is 5.29. The number of ether oxygens (including phenoxy) is 4. The van der Waals surface area contributed by atoms with Crippen molar-refractivity contribution in [3.05, 3.63) is 24.3 Å². The molecule has 0 saturated carbocycles. The van der Waals surface area contributed by atoms with Crippen molar-refractivity contribution in [1.29, 1.82) is 0 Å². The van der Waals surface area contributed by atoms with Crippen molar-refractivity contribution in [3.63, 3.8) is 0 Å². The first-order chi connectivity index (χ1) is 50.3. The summed E-state index contributed by atoms with van der Waals surface area (Å²) in [5.74, 6) is 0.262. The van der Waals surface area contributed by atoms with Crippen LogP contribution in [0.5, 0.6) is 0 Å². The third-order valence-corrected chi connectivity index (χ3v) is 21.5. The number of esters is 4. The van der Waals surface area contributed by atoms with Crippen LogP contribution in [-0.2, 0) is 65.4 Å². The highest BCUT2D eigenvalue weighted by Gasteiger charge is 2.30. The lowest BCUT2D eigenvalue weighted by Gasteiger charge is -2.21. The topological polar surface area (TPSA) is 237 Å². The standard InChI is InChI=1S/C85H162O17P2/c1-8-10-11-12-13-14-15-16-19-27-32-39-47-54-61-68-84(89)102-81(73-96-83(88)67-60-53-46-41-34-36-43-50-57-64-77(5)6)75-100-104(93,94)98-71-79(86)70-97-103(91,92)99-74-80(72-95-82(87)66-59-52-45-38-31-26-23-22-25-30-37-44-51-58-65-78(7)9-2)101-85(90)69-62-55-48-40-33-28-21-18-17-20-24-29-35-42-49-56-63-76(3)4/h14-16,19,76-81,86H,8-13,17-18,20-75H2,1-7H3,(H,91,92)(H,93,94)/b15-14-,19-16-/t78?,79-,80-,81-/m1/s1. The summed E-state index contributed by atoms with van der Waals surface area (Å²) in [6.45, 7) is 12.0. The molecule has 3 N–H and O–H groups in total. The first-order valence-corrected chi connectivity index (χ1v) is 46.2. The molecule has 0 amide bonds. The SMILES string of the molecule is CCCCCC/C=C\C=C/CCCCCCCC(=O)O[C@H](COC(=O)CCCCCCCCCCCC(C)C)COP(=O)(O)OC[C@H](O)COP(=O)(O)OC[C@@H](COC(=O)CCCCCCCCCCCCCCCCC(C)CC)OC(=O)CCCCCCCCCCCCCCCCCCC(C)C. The molecule has 0 aromatic carbocycles. The molecule has 0 bridgehead atoms. The Morgan fingerprint density at radius 3 is 0.856 bits per heavy atom. The monoisotopic (exact) mass is 1520 g/mol. The van der Waals surface area contributed by atoms with E-state index in [0.717, 1.165) is 120 Å². The number of carbonyl (C=O) groups excluding carboxylic acids is 4. The number of aliphatic hydroxyl groups excluding tert-OH is 1. The van der Waals surface area contributed by atoms with Crippen molar-refractivity contribution in [3.8, 4) is 0 Å². The number of phosphoric acid groups is 2. The van der Waals surface area contributed by atoms with Crippen LogP contribution in [0.2, 0.25) is 0 Å². The third-order valence-electron chi connectivity index (χ3n) is 19.6. The number of hydrogen-bond acceptors (Lipinski definition) is 15. The molecule has 0 fully saturated rings. The van der Waals surface area contributed by atoms with Gasteiger partial charge in [-0.1, -0.05) is 368 Å². The van der Waals surface area contributed by atoms with Gasteiger partial charge < -0.3 is 33.8 Å². The second-order valence-corrected chi connectivity index (χ2v) is 34.0. The number of aliphatic hydroxyl groups is 1. The fourth-order valence-corrected chi connectivity index (χ4v) is 14.2. The maximum atomic E-state index is 13.1. The Kier molecular flexibility index (Phi) is 72.9. The van der Waals surface area contributed by atoms with Gasteiger partial charge in [-0.05, 0) is 69.1 Å². The summed E-state index contributed by atoms with van der Waals surface area (Å²) in [5, 5.41) is 10.7. The Labute approximate surface area is 637 Å². The van der Waals surface area contributed by atoms with Crippen molar-refractivity contribution in [1.82, 2.24) is 0 Å². The van der Waals surface area contributed by atoms with Crippen LogP contribution in [0.1, 0.15) is 421 Å². The third kappa shape index (κ3) is 76.3. The van der Waals surface area contributed by atoms with Crippen LogP contribution < -0.4 is 0 Å². The molecule has 0 aromatic heterocycles. The average Bonchev–Trinajstić information content (AvgIpc) is 0.908. The van der Waals surface area contributed by atoms with Gasteiger partial charge in [-0.15, -0.1) is 0 Å². The van der Waals surface area contributed by atoms with Crippen molar-refractivity contribution in [2.45, 2.75) is 439 Å². The molecule has 19 heteroatoms. The van der Waals surface area contributed by atoms with E-state index in [0.29, 0.717) is 25.7 Å². The highest BCUT2D eigenvalue weighted by atomic mass is 31.2. The number of phosphoric ester groups is 2. The predicted octanol–water partition coefficient (Wildman–Crippen LogP) is 25.3. The lowest BCUT2D eigenvalue weighted by Crippen LogP contribution is -2.30. The second-order valence-electron chi connectivity index (χ2n) is 31.1.